The van der Waals surface area contributed by atoms with Crippen LogP contribution in [0.25, 0.3) is 0 Å². The third kappa shape index (κ3) is 2.68. The minimum Gasteiger partial charge on any atom is -0.467 e. The zero-order chi connectivity index (χ0) is 12.3. The largest absolute Gasteiger partial charge is 0.467 e. The molecule has 1 aromatic heterocycles. The van der Waals surface area contributed by atoms with Crippen molar-refractivity contribution in [3.8, 4) is 0 Å². The Morgan fingerprint density at radius 1 is 1.53 bits per heavy atom. The lowest BCUT2D eigenvalue weighted by atomic mass is 10.0. The Kier molecular flexibility index (Phi) is 3.81. The SMILES string of the molecule is CNC1COCC1C(=O)N[C@@H](C)c1ccco1. The molecule has 0 saturated carbocycles. The molecule has 2 N–H and O–H groups in total. The number of furan rings is 1. The molecule has 1 aliphatic rings. The average molecular weight is 238 g/mol. The number of hydrogen-bond acceptors (Lipinski definition) is 4. The van der Waals surface area contributed by atoms with Crippen molar-refractivity contribution in [2.45, 2.75) is 19.0 Å². The van der Waals surface area contributed by atoms with Crippen LogP contribution in [0.3, 0.4) is 0 Å². The molecular formula is C12H18N2O3. The van der Waals surface area contributed by atoms with E-state index in [-0.39, 0.29) is 23.9 Å². The van der Waals surface area contributed by atoms with Gasteiger partial charge in [-0.25, -0.2) is 0 Å². The first-order valence-corrected chi connectivity index (χ1v) is 5.81. The third-order valence-electron chi connectivity index (χ3n) is 3.12. The molecule has 1 saturated heterocycles. The molecule has 1 aliphatic heterocycles. The van der Waals surface area contributed by atoms with Crippen molar-refractivity contribution in [2.24, 2.45) is 5.92 Å². The van der Waals surface area contributed by atoms with Crippen LogP contribution in [0.4, 0.5) is 0 Å². The summed E-state index contributed by atoms with van der Waals surface area (Å²) >= 11 is 0. The van der Waals surface area contributed by atoms with E-state index >= 15 is 0 Å². The van der Waals surface area contributed by atoms with Gasteiger partial charge >= 0.3 is 0 Å². The number of amides is 1. The second-order valence-corrected chi connectivity index (χ2v) is 4.28. The maximum absolute atomic E-state index is 12.0. The van der Waals surface area contributed by atoms with Crippen molar-refractivity contribution in [1.82, 2.24) is 10.6 Å². The molecular weight excluding hydrogens is 220 g/mol. The molecule has 1 fully saturated rings. The number of likely N-dealkylation sites (N-methyl/N-ethyl adjacent to an activating group) is 1. The molecule has 0 radical (unpaired) electrons. The number of rotatable bonds is 4. The Balaban J connectivity index is 1.92. The molecule has 94 valence electrons. The van der Waals surface area contributed by atoms with Crippen molar-refractivity contribution in [3.05, 3.63) is 24.2 Å². The van der Waals surface area contributed by atoms with Gasteiger partial charge in [-0.05, 0) is 26.1 Å². The highest BCUT2D eigenvalue weighted by molar-refractivity contribution is 5.80. The second-order valence-electron chi connectivity index (χ2n) is 4.28. The van der Waals surface area contributed by atoms with Crippen LogP contribution in [0, 0.1) is 5.92 Å². The summed E-state index contributed by atoms with van der Waals surface area (Å²) in [5.74, 6) is 0.640. The molecule has 1 amide bonds. The van der Waals surface area contributed by atoms with E-state index in [1.165, 1.54) is 0 Å². The van der Waals surface area contributed by atoms with Crippen molar-refractivity contribution in [1.29, 1.82) is 0 Å². The molecule has 17 heavy (non-hydrogen) atoms. The molecule has 2 unspecified atom stereocenters. The number of carbonyl (C=O) groups excluding carboxylic acids is 1. The molecule has 0 spiro atoms. The topological polar surface area (TPSA) is 63.5 Å². The first kappa shape index (κ1) is 12.1. The van der Waals surface area contributed by atoms with Gasteiger partial charge in [0.2, 0.25) is 5.91 Å². The van der Waals surface area contributed by atoms with Crippen LogP contribution >= 0.6 is 0 Å². The van der Waals surface area contributed by atoms with Crippen LogP contribution < -0.4 is 10.6 Å². The lowest BCUT2D eigenvalue weighted by molar-refractivity contribution is -0.126. The van der Waals surface area contributed by atoms with Crippen LogP contribution in [0.1, 0.15) is 18.7 Å². The third-order valence-corrected chi connectivity index (χ3v) is 3.12. The summed E-state index contributed by atoms with van der Waals surface area (Å²) in [6, 6.07) is 3.65. The molecule has 3 atom stereocenters. The van der Waals surface area contributed by atoms with Gasteiger partial charge in [-0.3, -0.25) is 4.79 Å². The lowest BCUT2D eigenvalue weighted by Crippen LogP contribution is -2.43. The minimum absolute atomic E-state index is 0.00532. The van der Waals surface area contributed by atoms with Crippen molar-refractivity contribution in [3.63, 3.8) is 0 Å². The van der Waals surface area contributed by atoms with E-state index < -0.39 is 0 Å². The number of hydrogen-bond donors (Lipinski definition) is 2. The molecule has 1 aromatic rings. The van der Waals surface area contributed by atoms with E-state index in [1.807, 2.05) is 26.1 Å². The Bertz CT molecular complexity index is 364. The molecule has 0 aromatic carbocycles. The van der Waals surface area contributed by atoms with Crippen molar-refractivity contribution >= 4 is 5.91 Å². The maximum Gasteiger partial charge on any atom is 0.227 e. The predicted octanol–water partition coefficient (Wildman–Crippen LogP) is 0.691. The van der Waals surface area contributed by atoms with Gasteiger partial charge in [0, 0.05) is 6.04 Å². The Morgan fingerprint density at radius 2 is 2.35 bits per heavy atom. The minimum atomic E-state index is -0.127. The fourth-order valence-electron chi connectivity index (χ4n) is 2.03. The number of carbonyl (C=O) groups is 1. The van der Waals surface area contributed by atoms with Crippen molar-refractivity contribution < 1.29 is 13.9 Å². The fraction of sp³-hybridized carbons (Fsp3) is 0.583. The predicted molar refractivity (Wildman–Crippen MR) is 62.4 cm³/mol. The van der Waals surface area contributed by atoms with E-state index in [9.17, 15) is 4.79 Å². The molecule has 0 aliphatic carbocycles. The Morgan fingerprint density at radius 3 is 3.00 bits per heavy atom. The zero-order valence-corrected chi connectivity index (χ0v) is 10.1. The average Bonchev–Trinajstić information content (AvgIpc) is 2.99. The van der Waals surface area contributed by atoms with Crippen LogP contribution in [-0.2, 0) is 9.53 Å². The highest BCUT2D eigenvalue weighted by Gasteiger charge is 2.33. The van der Waals surface area contributed by atoms with Gasteiger partial charge in [-0.15, -0.1) is 0 Å². The summed E-state index contributed by atoms with van der Waals surface area (Å²) in [5.41, 5.74) is 0. The summed E-state index contributed by atoms with van der Waals surface area (Å²) in [7, 11) is 1.84. The normalized spacial score (nSPS) is 25.8. The Hall–Kier alpha value is -1.33. The number of ether oxygens (including phenoxy) is 1. The van der Waals surface area contributed by atoms with E-state index in [1.54, 1.807) is 6.26 Å². The lowest BCUT2D eigenvalue weighted by Gasteiger charge is -2.19. The molecule has 5 nitrogen and oxygen atoms in total. The summed E-state index contributed by atoms with van der Waals surface area (Å²) in [6.45, 7) is 2.97. The zero-order valence-electron chi connectivity index (χ0n) is 10.1. The van der Waals surface area contributed by atoms with E-state index in [2.05, 4.69) is 10.6 Å². The summed E-state index contributed by atoms with van der Waals surface area (Å²) in [5, 5.41) is 6.03. The van der Waals surface area contributed by atoms with E-state index in [4.69, 9.17) is 9.15 Å². The van der Waals surface area contributed by atoms with E-state index in [0.717, 1.165) is 5.76 Å². The van der Waals surface area contributed by atoms with Gasteiger partial charge in [0.25, 0.3) is 0 Å². The molecule has 5 heteroatoms. The fourth-order valence-corrected chi connectivity index (χ4v) is 2.03. The molecule has 2 heterocycles. The highest BCUT2D eigenvalue weighted by Crippen LogP contribution is 2.17. The summed E-state index contributed by atoms with van der Waals surface area (Å²) < 4.78 is 10.6. The Labute approximate surface area is 101 Å². The van der Waals surface area contributed by atoms with E-state index in [0.29, 0.717) is 13.2 Å². The standard InChI is InChI=1S/C12H18N2O3/c1-8(11-4-3-5-17-11)14-12(15)9-6-16-7-10(9)13-2/h3-5,8-10,13H,6-7H2,1-2H3,(H,14,15)/t8-,9?,10?/m0/s1. The summed E-state index contributed by atoms with van der Waals surface area (Å²) in [4.78, 5) is 12.0. The van der Waals surface area contributed by atoms with Gasteiger partial charge in [-0.1, -0.05) is 0 Å². The van der Waals surface area contributed by atoms with Gasteiger partial charge in [0.15, 0.2) is 0 Å². The van der Waals surface area contributed by atoms with Gasteiger partial charge in [-0.2, -0.15) is 0 Å². The maximum atomic E-state index is 12.0. The quantitative estimate of drug-likeness (QED) is 0.810. The van der Waals surface area contributed by atoms with Crippen LogP contribution in [0.5, 0.6) is 0 Å². The first-order valence-electron chi connectivity index (χ1n) is 5.81. The summed E-state index contributed by atoms with van der Waals surface area (Å²) in [6.07, 6.45) is 1.60. The molecule has 2 rings (SSSR count). The van der Waals surface area contributed by atoms with Crippen molar-refractivity contribution in [2.75, 3.05) is 20.3 Å². The van der Waals surface area contributed by atoms with Crippen LogP contribution in [0.2, 0.25) is 0 Å². The second kappa shape index (κ2) is 5.33. The van der Waals surface area contributed by atoms with Gasteiger partial charge in [0.05, 0.1) is 31.4 Å². The smallest absolute Gasteiger partial charge is 0.227 e. The van der Waals surface area contributed by atoms with Gasteiger partial charge < -0.3 is 19.8 Å². The number of nitrogens with one attached hydrogen (secondary N) is 2. The monoisotopic (exact) mass is 238 g/mol. The van der Waals surface area contributed by atoms with Gasteiger partial charge in [0.1, 0.15) is 5.76 Å². The van der Waals surface area contributed by atoms with Crippen LogP contribution in [0.15, 0.2) is 22.8 Å². The highest BCUT2D eigenvalue weighted by atomic mass is 16.5. The van der Waals surface area contributed by atoms with Crippen LogP contribution in [-0.4, -0.2) is 32.2 Å². The molecule has 0 bridgehead atoms. The first-order chi connectivity index (χ1) is 8.22.